The Labute approximate surface area is 152 Å². The van der Waals surface area contributed by atoms with Crippen LogP contribution in [0.15, 0.2) is 24.3 Å². The van der Waals surface area contributed by atoms with E-state index in [0.717, 1.165) is 25.0 Å². The molecule has 1 amide bonds. The summed E-state index contributed by atoms with van der Waals surface area (Å²) in [6, 6.07) is 7.41. The minimum Gasteiger partial charge on any atom is -0.490 e. The third-order valence-corrected chi connectivity index (χ3v) is 5.08. The van der Waals surface area contributed by atoms with Crippen molar-refractivity contribution in [2.45, 2.75) is 45.4 Å². The lowest BCUT2D eigenvalue weighted by Crippen LogP contribution is -2.20. The number of thiazole rings is 1. The Hall–Kier alpha value is -2.08. The average molecular weight is 360 g/mol. The summed E-state index contributed by atoms with van der Waals surface area (Å²) in [5, 5.41) is 3.53. The van der Waals surface area contributed by atoms with E-state index in [0.29, 0.717) is 23.2 Å². The average Bonchev–Trinajstić information content (AvgIpc) is 2.87. The zero-order valence-electron chi connectivity index (χ0n) is 14.5. The van der Waals surface area contributed by atoms with E-state index in [9.17, 15) is 4.79 Å². The van der Waals surface area contributed by atoms with Gasteiger partial charge in [-0.3, -0.25) is 10.1 Å². The van der Waals surface area contributed by atoms with E-state index in [-0.39, 0.29) is 12.5 Å². The van der Waals surface area contributed by atoms with Crippen LogP contribution in [0.2, 0.25) is 0 Å². The van der Waals surface area contributed by atoms with Gasteiger partial charge in [0.15, 0.2) is 23.2 Å². The number of para-hydroxylation sites is 2. The van der Waals surface area contributed by atoms with Crippen LogP contribution in [0.1, 0.15) is 43.2 Å². The first-order valence-electron chi connectivity index (χ1n) is 8.89. The fourth-order valence-electron chi connectivity index (χ4n) is 2.78. The van der Waals surface area contributed by atoms with E-state index >= 15 is 0 Å². The Morgan fingerprint density at radius 3 is 2.72 bits per heavy atom. The lowest BCUT2D eigenvalue weighted by Gasteiger charge is -2.11. The third kappa shape index (κ3) is 4.95. The van der Waals surface area contributed by atoms with Gasteiger partial charge in [0.2, 0.25) is 0 Å². The predicted molar refractivity (Wildman–Crippen MR) is 99.7 cm³/mol. The highest BCUT2D eigenvalue weighted by Gasteiger charge is 2.16. The van der Waals surface area contributed by atoms with Crippen LogP contribution in [-0.4, -0.2) is 24.1 Å². The summed E-state index contributed by atoms with van der Waals surface area (Å²) in [5.41, 5.74) is 1.15. The second-order valence-corrected chi connectivity index (χ2v) is 7.17. The van der Waals surface area contributed by atoms with E-state index in [1.54, 1.807) is 11.3 Å². The first-order chi connectivity index (χ1) is 12.3. The number of anilines is 1. The second-order valence-electron chi connectivity index (χ2n) is 6.08. The summed E-state index contributed by atoms with van der Waals surface area (Å²) >= 11 is 1.59. The molecule has 134 valence electrons. The lowest BCUT2D eigenvalue weighted by molar-refractivity contribution is -0.118. The van der Waals surface area contributed by atoms with Crippen molar-refractivity contribution in [1.82, 2.24) is 4.98 Å². The molecular weight excluding hydrogens is 336 g/mol. The number of carbonyl (C=O) groups is 1. The zero-order chi connectivity index (χ0) is 17.5. The number of nitrogens with one attached hydrogen (secondary N) is 1. The fraction of sp³-hybridized carbons (Fsp3) is 0.474. The van der Waals surface area contributed by atoms with Gasteiger partial charge in [-0.05, 0) is 44.2 Å². The highest BCUT2D eigenvalue weighted by Crippen LogP contribution is 2.29. The van der Waals surface area contributed by atoms with Gasteiger partial charge in [-0.1, -0.05) is 25.5 Å². The second kappa shape index (κ2) is 8.85. The van der Waals surface area contributed by atoms with Crippen LogP contribution in [0, 0.1) is 0 Å². The molecule has 25 heavy (non-hydrogen) atoms. The number of amides is 1. The molecule has 1 N–H and O–H groups in total. The maximum Gasteiger partial charge on any atom is 0.264 e. The molecule has 1 aromatic carbocycles. The standard InChI is InChI=1S/C19H24N2O3S/c1-2-12-23-15-9-6-7-10-16(15)24-13-18(22)21-19-20-14-8-4-3-5-11-17(14)25-19/h6-7,9-10H,2-5,8,11-13H2,1H3,(H,20,21,22). The normalized spacial score (nSPS) is 13.6. The van der Waals surface area contributed by atoms with Crippen molar-refractivity contribution in [2.75, 3.05) is 18.5 Å². The molecule has 1 aliphatic rings. The van der Waals surface area contributed by atoms with Crippen molar-refractivity contribution in [3.63, 3.8) is 0 Å². The van der Waals surface area contributed by atoms with E-state index in [1.165, 1.54) is 24.1 Å². The molecule has 0 spiro atoms. The Kier molecular flexibility index (Phi) is 6.28. The predicted octanol–water partition coefficient (Wildman–Crippen LogP) is 4.22. The van der Waals surface area contributed by atoms with E-state index < -0.39 is 0 Å². The minimum atomic E-state index is -0.200. The quantitative estimate of drug-likeness (QED) is 0.751. The molecule has 2 aromatic rings. The summed E-state index contributed by atoms with van der Waals surface area (Å²) in [7, 11) is 0. The molecule has 0 fully saturated rings. The van der Waals surface area contributed by atoms with Crippen molar-refractivity contribution < 1.29 is 14.3 Å². The number of benzene rings is 1. The van der Waals surface area contributed by atoms with E-state index in [4.69, 9.17) is 9.47 Å². The largest absolute Gasteiger partial charge is 0.490 e. The van der Waals surface area contributed by atoms with Crippen molar-refractivity contribution in [3.8, 4) is 11.5 Å². The number of hydrogen-bond donors (Lipinski definition) is 1. The number of carbonyl (C=O) groups excluding carboxylic acids is 1. The molecular formula is C19H24N2O3S. The molecule has 0 radical (unpaired) electrons. The molecule has 1 heterocycles. The third-order valence-electron chi connectivity index (χ3n) is 4.01. The number of aryl methyl sites for hydroxylation is 2. The van der Waals surface area contributed by atoms with E-state index in [2.05, 4.69) is 10.3 Å². The zero-order valence-corrected chi connectivity index (χ0v) is 15.4. The molecule has 3 rings (SSSR count). The van der Waals surface area contributed by atoms with Gasteiger partial charge in [0, 0.05) is 4.88 Å². The van der Waals surface area contributed by atoms with Crippen LogP contribution in [0.25, 0.3) is 0 Å². The van der Waals surface area contributed by atoms with Crippen molar-refractivity contribution in [1.29, 1.82) is 0 Å². The lowest BCUT2D eigenvalue weighted by atomic mass is 10.2. The maximum atomic E-state index is 12.2. The van der Waals surface area contributed by atoms with Gasteiger partial charge < -0.3 is 9.47 Å². The number of hydrogen-bond acceptors (Lipinski definition) is 5. The Morgan fingerprint density at radius 2 is 1.92 bits per heavy atom. The topological polar surface area (TPSA) is 60.5 Å². The Bertz CT molecular complexity index is 691. The van der Waals surface area contributed by atoms with Gasteiger partial charge in [-0.2, -0.15) is 0 Å². The number of fused-ring (bicyclic) bond motifs is 1. The van der Waals surface area contributed by atoms with Crippen molar-refractivity contribution in [3.05, 3.63) is 34.8 Å². The van der Waals surface area contributed by atoms with Gasteiger partial charge in [-0.25, -0.2) is 4.98 Å². The van der Waals surface area contributed by atoms with Crippen LogP contribution in [-0.2, 0) is 17.6 Å². The van der Waals surface area contributed by atoms with Crippen LogP contribution < -0.4 is 14.8 Å². The Balaban J connectivity index is 1.55. The molecule has 0 atom stereocenters. The molecule has 5 nitrogen and oxygen atoms in total. The summed E-state index contributed by atoms with van der Waals surface area (Å²) in [5.74, 6) is 1.05. The van der Waals surface area contributed by atoms with Gasteiger partial charge in [0.25, 0.3) is 5.91 Å². The smallest absolute Gasteiger partial charge is 0.264 e. The molecule has 1 aliphatic carbocycles. The van der Waals surface area contributed by atoms with Crippen molar-refractivity contribution in [2.24, 2.45) is 0 Å². The SMILES string of the molecule is CCCOc1ccccc1OCC(=O)Nc1nc2c(s1)CCCCC2. The highest BCUT2D eigenvalue weighted by molar-refractivity contribution is 7.15. The number of ether oxygens (including phenoxy) is 2. The van der Waals surface area contributed by atoms with Crippen LogP contribution in [0.3, 0.4) is 0 Å². The fourth-order valence-corrected chi connectivity index (χ4v) is 3.85. The molecule has 1 aromatic heterocycles. The molecule has 6 heteroatoms. The van der Waals surface area contributed by atoms with Crippen molar-refractivity contribution >= 4 is 22.4 Å². The molecule has 0 bridgehead atoms. The van der Waals surface area contributed by atoms with Gasteiger partial charge in [0.1, 0.15) is 0 Å². The minimum absolute atomic E-state index is 0.0588. The summed E-state index contributed by atoms with van der Waals surface area (Å²) in [4.78, 5) is 18.1. The van der Waals surface area contributed by atoms with E-state index in [1.807, 2.05) is 31.2 Å². The first kappa shape index (κ1) is 17.7. The van der Waals surface area contributed by atoms with Crippen LogP contribution in [0.5, 0.6) is 11.5 Å². The highest BCUT2D eigenvalue weighted by atomic mass is 32.1. The van der Waals surface area contributed by atoms with Gasteiger partial charge in [-0.15, -0.1) is 11.3 Å². The monoisotopic (exact) mass is 360 g/mol. The molecule has 0 saturated carbocycles. The number of rotatable bonds is 7. The van der Waals surface area contributed by atoms with Crippen LogP contribution in [0.4, 0.5) is 5.13 Å². The summed E-state index contributed by atoms with van der Waals surface area (Å²) in [6.07, 6.45) is 6.66. The summed E-state index contributed by atoms with van der Waals surface area (Å²) < 4.78 is 11.3. The molecule has 0 unspecified atom stereocenters. The Morgan fingerprint density at radius 1 is 1.16 bits per heavy atom. The maximum absolute atomic E-state index is 12.2. The first-order valence-corrected chi connectivity index (χ1v) is 9.71. The molecule has 0 saturated heterocycles. The molecule has 0 aliphatic heterocycles. The van der Waals surface area contributed by atoms with Gasteiger partial charge >= 0.3 is 0 Å². The van der Waals surface area contributed by atoms with Crippen LogP contribution >= 0.6 is 11.3 Å². The van der Waals surface area contributed by atoms with Gasteiger partial charge in [0.05, 0.1) is 12.3 Å². The summed E-state index contributed by atoms with van der Waals surface area (Å²) in [6.45, 7) is 2.61. The number of nitrogens with zero attached hydrogens (tertiary/aromatic N) is 1. The number of aromatic nitrogens is 1.